The van der Waals surface area contributed by atoms with E-state index in [0.717, 1.165) is 5.92 Å². The summed E-state index contributed by atoms with van der Waals surface area (Å²) in [5, 5.41) is 4.37. The van der Waals surface area contributed by atoms with Gasteiger partial charge in [0.25, 0.3) is 0 Å². The Morgan fingerprint density at radius 2 is 2.25 bits per heavy atom. The van der Waals surface area contributed by atoms with E-state index in [1.807, 2.05) is 0 Å². The van der Waals surface area contributed by atoms with E-state index in [1.54, 1.807) is 11.3 Å². The molecule has 0 fully saturated rings. The number of thiophene rings is 1. The van der Waals surface area contributed by atoms with Gasteiger partial charge in [0.2, 0.25) is 0 Å². The third-order valence-corrected chi connectivity index (χ3v) is 3.19. The lowest BCUT2D eigenvalue weighted by molar-refractivity contribution is 0.571. The molecule has 0 saturated carbocycles. The zero-order chi connectivity index (χ0) is 8.97. The Morgan fingerprint density at radius 3 is 2.75 bits per heavy atom. The molecule has 12 heavy (non-hydrogen) atoms. The minimum atomic E-state index is 0.645. The minimum Gasteiger partial charge on any atom is -0.152 e. The summed E-state index contributed by atoms with van der Waals surface area (Å²) in [6, 6.07) is 2.21. The second-order valence-electron chi connectivity index (χ2n) is 3.56. The van der Waals surface area contributed by atoms with Crippen LogP contribution in [0.4, 0.5) is 0 Å². The predicted octanol–water partition coefficient (Wildman–Crippen LogP) is 4.10. The monoisotopic (exact) mass is 246 g/mol. The van der Waals surface area contributed by atoms with Gasteiger partial charge in [-0.3, -0.25) is 0 Å². The van der Waals surface area contributed by atoms with E-state index in [4.69, 9.17) is 0 Å². The normalized spacial score (nSPS) is 13.7. The van der Waals surface area contributed by atoms with Gasteiger partial charge in [0.05, 0.1) is 0 Å². The molecule has 0 radical (unpaired) electrons. The van der Waals surface area contributed by atoms with Gasteiger partial charge in [0.15, 0.2) is 0 Å². The van der Waals surface area contributed by atoms with E-state index in [2.05, 4.69) is 46.6 Å². The molecule has 0 amide bonds. The molecular formula is C10H15BrS. The Hall–Kier alpha value is 0.180. The van der Waals surface area contributed by atoms with Gasteiger partial charge < -0.3 is 0 Å². The van der Waals surface area contributed by atoms with Crippen LogP contribution in [0, 0.1) is 5.92 Å². The van der Waals surface area contributed by atoms with Crippen LogP contribution in [0.25, 0.3) is 0 Å². The second kappa shape index (κ2) is 5.03. The molecule has 0 N–H and O–H groups in total. The highest BCUT2D eigenvalue weighted by Gasteiger charge is 2.07. The molecule has 0 aliphatic heterocycles. The molecule has 1 heterocycles. The number of hydrogen-bond donors (Lipinski definition) is 0. The highest BCUT2D eigenvalue weighted by molar-refractivity contribution is 9.09. The summed E-state index contributed by atoms with van der Waals surface area (Å²) in [5.41, 5.74) is 1.46. The molecule has 0 aliphatic carbocycles. The highest BCUT2D eigenvalue weighted by atomic mass is 79.9. The Balaban J connectivity index is 2.32. The van der Waals surface area contributed by atoms with Crippen molar-refractivity contribution in [1.29, 1.82) is 0 Å². The first-order chi connectivity index (χ1) is 5.68. The maximum atomic E-state index is 3.70. The Kier molecular flexibility index (Phi) is 4.30. The van der Waals surface area contributed by atoms with E-state index in [1.165, 1.54) is 18.4 Å². The molecule has 1 aromatic heterocycles. The Bertz CT molecular complexity index is 204. The zero-order valence-corrected chi connectivity index (χ0v) is 9.99. The van der Waals surface area contributed by atoms with Gasteiger partial charge >= 0.3 is 0 Å². The van der Waals surface area contributed by atoms with Crippen molar-refractivity contribution in [2.45, 2.75) is 31.5 Å². The van der Waals surface area contributed by atoms with Crippen molar-refractivity contribution in [3.63, 3.8) is 0 Å². The van der Waals surface area contributed by atoms with Crippen molar-refractivity contribution in [2.75, 3.05) is 0 Å². The summed E-state index contributed by atoms with van der Waals surface area (Å²) >= 11 is 5.48. The quantitative estimate of drug-likeness (QED) is 0.702. The number of alkyl halides is 1. The first-order valence-electron chi connectivity index (χ1n) is 4.33. The number of hydrogen-bond acceptors (Lipinski definition) is 1. The van der Waals surface area contributed by atoms with E-state index in [-0.39, 0.29) is 0 Å². The van der Waals surface area contributed by atoms with Crippen LogP contribution in [0.3, 0.4) is 0 Å². The molecule has 0 spiro atoms. The van der Waals surface area contributed by atoms with Gasteiger partial charge in [-0.1, -0.05) is 29.8 Å². The van der Waals surface area contributed by atoms with Gasteiger partial charge in [-0.15, -0.1) is 0 Å². The van der Waals surface area contributed by atoms with Gasteiger partial charge in [0, 0.05) is 4.83 Å². The topological polar surface area (TPSA) is 0 Å². The van der Waals surface area contributed by atoms with Crippen LogP contribution in [0.1, 0.15) is 25.8 Å². The number of rotatable bonds is 4. The molecular weight excluding hydrogens is 232 g/mol. The van der Waals surface area contributed by atoms with Crippen molar-refractivity contribution < 1.29 is 0 Å². The van der Waals surface area contributed by atoms with Gasteiger partial charge in [-0.25, -0.2) is 0 Å². The predicted molar refractivity (Wildman–Crippen MR) is 60.2 cm³/mol. The average molecular weight is 247 g/mol. The van der Waals surface area contributed by atoms with Crippen molar-refractivity contribution in [1.82, 2.24) is 0 Å². The summed E-state index contributed by atoms with van der Waals surface area (Å²) in [4.78, 5) is 0.645. The van der Waals surface area contributed by atoms with Gasteiger partial charge in [0.1, 0.15) is 0 Å². The van der Waals surface area contributed by atoms with E-state index < -0.39 is 0 Å². The zero-order valence-electron chi connectivity index (χ0n) is 7.59. The lowest BCUT2D eigenvalue weighted by atomic mass is 10.0. The van der Waals surface area contributed by atoms with Crippen LogP contribution in [-0.4, -0.2) is 4.83 Å². The molecule has 0 saturated heterocycles. The minimum absolute atomic E-state index is 0.645. The molecule has 1 rings (SSSR count). The summed E-state index contributed by atoms with van der Waals surface area (Å²) in [6.45, 7) is 4.53. The Labute approximate surface area is 87.1 Å². The summed E-state index contributed by atoms with van der Waals surface area (Å²) in [5.74, 6) is 0.785. The molecule has 0 bridgehead atoms. The SMILES string of the molecule is CC(C)CC(Br)Cc1ccsc1. The van der Waals surface area contributed by atoms with E-state index in [0.29, 0.717) is 4.83 Å². The fraction of sp³-hybridized carbons (Fsp3) is 0.600. The first-order valence-corrected chi connectivity index (χ1v) is 6.19. The summed E-state index contributed by atoms with van der Waals surface area (Å²) in [7, 11) is 0. The molecule has 0 nitrogen and oxygen atoms in total. The second-order valence-corrected chi connectivity index (χ2v) is 5.64. The van der Waals surface area contributed by atoms with Crippen LogP contribution < -0.4 is 0 Å². The van der Waals surface area contributed by atoms with Crippen LogP contribution in [0.2, 0.25) is 0 Å². The van der Waals surface area contributed by atoms with Gasteiger partial charge in [-0.2, -0.15) is 11.3 Å². The average Bonchev–Trinajstić information content (AvgIpc) is 2.37. The summed E-state index contributed by atoms with van der Waals surface area (Å²) < 4.78 is 0. The fourth-order valence-electron chi connectivity index (χ4n) is 1.26. The first kappa shape index (κ1) is 10.3. The molecule has 1 atom stereocenters. The third-order valence-electron chi connectivity index (χ3n) is 1.76. The van der Waals surface area contributed by atoms with Crippen LogP contribution in [0.15, 0.2) is 16.8 Å². The molecule has 1 aromatic rings. The standard InChI is InChI=1S/C10H15BrS/c1-8(2)5-10(11)6-9-3-4-12-7-9/h3-4,7-8,10H,5-6H2,1-2H3. The smallest absolute Gasteiger partial charge is 0.0188 e. The maximum Gasteiger partial charge on any atom is 0.0188 e. The highest BCUT2D eigenvalue weighted by Crippen LogP contribution is 2.19. The molecule has 1 unspecified atom stereocenters. The van der Waals surface area contributed by atoms with Gasteiger partial charge in [-0.05, 0) is 41.1 Å². The largest absolute Gasteiger partial charge is 0.152 e. The molecule has 68 valence electrons. The lowest BCUT2D eigenvalue weighted by Crippen LogP contribution is -2.05. The van der Waals surface area contributed by atoms with Crippen molar-refractivity contribution >= 4 is 27.3 Å². The van der Waals surface area contributed by atoms with E-state index >= 15 is 0 Å². The molecule has 0 aliphatic rings. The van der Waals surface area contributed by atoms with Crippen LogP contribution in [0.5, 0.6) is 0 Å². The Morgan fingerprint density at radius 1 is 1.50 bits per heavy atom. The third kappa shape index (κ3) is 3.72. The molecule has 2 heteroatoms. The van der Waals surface area contributed by atoms with Crippen LogP contribution in [-0.2, 0) is 6.42 Å². The van der Waals surface area contributed by atoms with E-state index in [9.17, 15) is 0 Å². The fourth-order valence-corrected chi connectivity index (χ4v) is 3.06. The van der Waals surface area contributed by atoms with Crippen LogP contribution >= 0.6 is 27.3 Å². The maximum absolute atomic E-state index is 3.70. The van der Waals surface area contributed by atoms with Crippen molar-refractivity contribution in [2.24, 2.45) is 5.92 Å². The number of halogens is 1. The van der Waals surface area contributed by atoms with Crippen molar-refractivity contribution in [3.8, 4) is 0 Å². The lowest BCUT2D eigenvalue weighted by Gasteiger charge is -2.10. The summed E-state index contributed by atoms with van der Waals surface area (Å²) in [6.07, 6.45) is 2.43. The molecule has 0 aromatic carbocycles. The van der Waals surface area contributed by atoms with Crippen molar-refractivity contribution in [3.05, 3.63) is 22.4 Å².